The number of nitrogens with one attached hydrogen (secondary N) is 2. The average molecular weight is 402 g/mol. The minimum absolute atomic E-state index is 0.344. The number of amides is 2. The van der Waals surface area contributed by atoms with E-state index < -0.39 is 12.0 Å². The van der Waals surface area contributed by atoms with Crippen molar-refractivity contribution in [2.24, 2.45) is 5.73 Å². The molecular weight excluding hydrogens is 384 g/mol. The molecule has 4 aromatic rings. The van der Waals surface area contributed by atoms with Gasteiger partial charge in [-0.25, -0.2) is 9.78 Å². The number of aromatic amines is 1. The normalized spacial score (nSPS) is 10.7. The largest absolute Gasteiger partial charge is 0.453 e. The van der Waals surface area contributed by atoms with E-state index in [0.717, 1.165) is 33.2 Å². The molecule has 0 spiro atoms. The van der Waals surface area contributed by atoms with E-state index in [1.807, 2.05) is 24.3 Å². The second-order valence-electron chi connectivity index (χ2n) is 6.55. The Hall–Kier alpha value is -4.40. The van der Waals surface area contributed by atoms with E-state index in [-0.39, 0.29) is 0 Å². The van der Waals surface area contributed by atoms with Gasteiger partial charge in [0.25, 0.3) is 0 Å². The lowest BCUT2D eigenvalue weighted by atomic mass is 9.95. The van der Waals surface area contributed by atoms with Gasteiger partial charge in [0.2, 0.25) is 5.91 Å². The Bertz CT molecular complexity index is 1280. The van der Waals surface area contributed by atoms with Gasteiger partial charge in [0, 0.05) is 22.7 Å². The number of anilines is 2. The number of fused-ring (bicyclic) bond motifs is 1. The summed E-state index contributed by atoms with van der Waals surface area (Å²) in [5.41, 5.74) is 15.8. The molecule has 0 atom stereocenters. The molecule has 2 amide bonds. The van der Waals surface area contributed by atoms with Crippen molar-refractivity contribution in [3.05, 3.63) is 60.3 Å². The number of benzene rings is 2. The quantitative estimate of drug-likeness (QED) is 0.412. The minimum atomic E-state index is -0.613. The zero-order chi connectivity index (χ0) is 21.3. The van der Waals surface area contributed by atoms with Gasteiger partial charge in [-0.3, -0.25) is 15.2 Å². The first-order chi connectivity index (χ1) is 14.5. The number of primary amides is 1. The summed E-state index contributed by atoms with van der Waals surface area (Å²) in [7, 11) is 1.28. The molecule has 9 heteroatoms. The number of methoxy groups -OCH3 is 1. The van der Waals surface area contributed by atoms with Gasteiger partial charge in [0.15, 0.2) is 5.82 Å². The number of hydrogen-bond acceptors (Lipinski definition) is 6. The molecule has 30 heavy (non-hydrogen) atoms. The first-order valence-electron chi connectivity index (χ1n) is 8.95. The van der Waals surface area contributed by atoms with Crippen LogP contribution in [0.3, 0.4) is 0 Å². The third-order valence-corrected chi connectivity index (χ3v) is 4.67. The molecule has 2 heterocycles. The first-order valence-corrected chi connectivity index (χ1v) is 8.95. The second kappa shape index (κ2) is 7.55. The molecule has 0 aliphatic heterocycles. The molecule has 2 aromatic heterocycles. The summed E-state index contributed by atoms with van der Waals surface area (Å²) in [6, 6.07) is 14.4. The Labute approximate surface area is 171 Å². The summed E-state index contributed by atoms with van der Waals surface area (Å²) in [6.45, 7) is 0. The zero-order valence-corrected chi connectivity index (χ0v) is 16.0. The maximum absolute atomic E-state index is 11.6. The number of H-pyrrole nitrogens is 1. The van der Waals surface area contributed by atoms with Crippen molar-refractivity contribution < 1.29 is 14.3 Å². The van der Waals surface area contributed by atoms with Crippen LogP contribution in [0.5, 0.6) is 0 Å². The van der Waals surface area contributed by atoms with Crippen molar-refractivity contribution in [2.75, 3.05) is 18.2 Å². The summed E-state index contributed by atoms with van der Waals surface area (Å²) >= 11 is 0. The summed E-state index contributed by atoms with van der Waals surface area (Å²) in [6.07, 6.45) is 0.967. The Balaban J connectivity index is 1.88. The Kier molecular flexibility index (Phi) is 4.77. The molecule has 0 saturated carbocycles. The topological polar surface area (TPSA) is 149 Å². The van der Waals surface area contributed by atoms with Gasteiger partial charge in [-0.05, 0) is 53.1 Å². The number of hydrogen-bond donors (Lipinski definition) is 4. The third-order valence-electron chi connectivity index (χ3n) is 4.67. The fourth-order valence-corrected chi connectivity index (χ4v) is 3.21. The average Bonchev–Trinajstić information content (AvgIpc) is 3.14. The van der Waals surface area contributed by atoms with Gasteiger partial charge in [-0.15, -0.1) is 0 Å². The summed E-state index contributed by atoms with van der Waals surface area (Å²) in [5.74, 6) is 0.180. The van der Waals surface area contributed by atoms with Gasteiger partial charge in [0.1, 0.15) is 5.82 Å². The van der Waals surface area contributed by atoms with Crippen LogP contribution in [0.2, 0.25) is 0 Å². The van der Waals surface area contributed by atoms with E-state index in [1.54, 1.807) is 30.5 Å². The fraction of sp³-hybridized carbons (Fsp3) is 0.0476. The highest BCUT2D eigenvalue weighted by Gasteiger charge is 2.14. The standard InChI is InChI=1S/C21H18N6O3/c1-30-21(29)25-17-10-11(5-6-24-17)14-8-15(18-16(9-14)19(22)27-26-18)12-3-2-4-13(7-12)20(23)28/h2-10H,1H3,(H2,23,28)(H3,22,26,27)(H,24,25,29). The maximum atomic E-state index is 11.6. The van der Waals surface area contributed by atoms with Crippen molar-refractivity contribution in [3.63, 3.8) is 0 Å². The van der Waals surface area contributed by atoms with Crippen LogP contribution in [0, 0.1) is 0 Å². The molecule has 0 bridgehead atoms. The molecule has 0 radical (unpaired) electrons. The lowest BCUT2D eigenvalue weighted by molar-refractivity contribution is 0.1000. The monoisotopic (exact) mass is 402 g/mol. The summed E-state index contributed by atoms with van der Waals surface area (Å²) in [4.78, 5) is 27.2. The fourth-order valence-electron chi connectivity index (χ4n) is 3.21. The number of carbonyl (C=O) groups excluding carboxylic acids is 2. The molecule has 6 N–H and O–H groups in total. The molecule has 0 fully saturated rings. The van der Waals surface area contributed by atoms with E-state index in [4.69, 9.17) is 11.5 Å². The summed E-state index contributed by atoms with van der Waals surface area (Å²) in [5, 5.41) is 10.3. The van der Waals surface area contributed by atoms with E-state index in [9.17, 15) is 9.59 Å². The maximum Gasteiger partial charge on any atom is 0.412 e. The molecule has 0 aliphatic rings. The summed E-state index contributed by atoms with van der Waals surface area (Å²) < 4.78 is 4.61. The van der Waals surface area contributed by atoms with Gasteiger partial charge in [-0.2, -0.15) is 5.10 Å². The predicted molar refractivity (Wildman–Crippen MR) is 114 cm³/mol. The molecule has 2 aromatic carbocycles. The molecule has 0 aliphatic carbocycles. The SMILES string of the molecule is COC(=O)Nc1cc(-c2cc(-c3cccc(C(N)=O)c3)c3[nH]nc(N)c3c2)ccn1. The Morgan fingerprint density at radius 2 is 1.90 bits per heavy atom. The number of nitrogens with zero attached hydrogens (tertiary/aromatic N) is 2. The number of carbonyl (C=O) groups is 2. The highest BCUT2D eigenvalue weighted by Crippen LogP contribution is 2.35. The van der Waals surface area contributed by atoms with E-state index >= 15 is 0 Å². The third kappa shape index (κ3) is 3.51. The highest BCUT2D eigenvalue weighted by molar-refractivity contribution is 6.03. The van der Waals surface area contributed by atoms with Crippen molar-refractivity contribution >= 4 is 34.5 Å². The van der Waals surface area contributed by atoms with E-state index in [0.29, 0.717) is 17.2 Å². The van der Waals surface area contributed by atoms with Crippen molar-refractivity contribution in [2.45, 2.75) is 0 Å². The zero-order valence-electron chi connectivity index (χ0n) is 16.0. The number of pyridine rings is 1. The van der Waals surface area contributed by atoms with Crippen LogP contribution in [-0.4, -0.2) is 34.3 Å². The number of nitrogens with two attached hydrogens (primary N) is 2. The predicted octanol–water partition coefficient (Wildman–Crippen LogP) is 3.15. The van der Waals surface area contributed by atoms with Crippen LogP contribution >= 0.6 is 0 Å². The van der Waals surface area contributed by atoms with Gasteiger partial charge >= 0.3 is 6.09 Å². The Morgan fingerprint density at radius 3 is 2.67 bits per heavy atom. The smallest absolute Gasteiger partial charge is 0.412 e. The number of rotatable bonds is 4. The van der Waals surface area contributed by atoms with E-state index in [2.05, 4.69) is 25.2 Å². The molecule has 4 rings (SSSR count). The lowest BCUT2D eigenvalue weighted by Crippen LogP contribution is -2.11. The van der Waals surface area contributed by atoms with Gasteiger partial charge in [0.05, 0.1) is 12.6 Å². The van der Waals surface area contributed by atoms with Crippen molar-refractivity contribution in [3.8, 4) is 22.3 Å². The molecule has 0 unspecified atom stereocenters. The van der Waals surface area contributed by atoms with Gasteiger partial charge in [-0.1, -0.05) is 12.1 Å². The van der Waals surface area contributed by atoms with Crippen LogP contribution in [0.1, 0.15) is 10.4 Å². The van der Waals surface area contributed by atoms with Crippen LogP contribution in [0.25, 0.3) is 33.2 Å². The number of ether oxygens (including phenoxy) is 1. The molecule has 0 saturated heterocycles. The number of nitrogen functional groups attached to an aromatic ring is 1. The van der Waals surface area contributed by atoms with Crippen molar-refractivity contribution in [1.29, 1.82) is 0 Å². The minimum Gasteiger partial charge on any atom is -0.453 e. The van der Waals surface area contributed by atoms with Crippen LogP contribution in [0.4, 0.5) is 16.4 Å². The lowest BCUT2D eigenvalue weighted by Gasteiger charge is -2.10. The van der Waals surface area contributed by atoms with Crippen LogP contribution in [-0.2, 0) is 4.74 Å². The second-order valence-corrected chi connectivity index (χ2v) is 6.55. The highest BCUT2D eigenvalue weighted by atomic mass is 16.5. The van der Waals surface area contributed by atoms with Gasteiger partial charge < -0.3 is 16.2 Å². The number of aromatic nitrogens is 3. The Morgan fingerprint density at radius 1 is 1.07 bits per heavy atom. The molecular formula is C21H18N6O3. The van der Waals surface area contributed by atoms with E-state index in [1.165, 1.54) is 7.11 Å². The molecule has 9 nitrogen and oxygen atoms in total. The van der Waals surface area contributed by atoms with Crippen molar-refractivity contribution in [1.82, 2.24) is 15.2 Å². The van der Waals surface area contributed by atoms with Crippen LogP contribution < -0.4 is 16.8 Å². The first kappa shape index (κ1) is 18.9. The molecule has 150 valence electrons. The van der Waals surface area contributed by atoms with Crippen LogP contribution in [0.15, 0.2) is 54.7 Å².